The van der Waals surface area contributed by atoms with Crippen LogP contribution in [-0.2, 0) is 24.3 Å². The van der Waals surface area contributed by atoms with Crippen LogP contribution in [0.4, 0.5) is 11.5 Å². The summed E-state index contributed by atoms with van der Waals surface area (Å²) in [6.45, 7) is 0.185. The number of carbonyl (C=O) groups excluding carboxylic acids is 2. The van der Waals surface area contributed by atoms with E-state index in [1.807, 2.05) is 0 Å². The minimum atomic E-state index is -3.45. The van der Waals surface area contributed by atoms with E-state index < -0.39 is 64.4 Å². The first kappa shape index (κ1) is 32.8. The van der Waals surface area contributed by atoms with Gasteiger partial charge in [-0.05, 0) is 31.0 Å². The van der Waals surface area contributed by atoms with Crippen LogP contribution in [0.1, 0.15) is 23.2 Å². The number of aliphatic carboxylic acids is 1. The second-order valence-corrected chi connectivity index (χ2v) is 12.8. The van der Waals surface area contributed by atoms with Crippen LogP contribution in [0.15, 0.2) is 30.5 Å². The number of amides is 2. The lowest BCUT2D eigenvalue weighted by Crippen LogP contribution is -2.61. The number of rotatable bonds is 8. The molecule has 6 N–H and O–H groups in total. The first-order valence-corrected chi connectivity index (χ1v) is 15.4. The average Bonchev–Trinajstić information content (AvgIpc) is 2.95. The summed E-state index contributed by atoms with van der Waals surface area (Å²) in [5.41, 5.74) is -0.489. The summed E-state index contributed by atoms with van der Waals surface area (Å²) in [5, 5.41) is 45.4. The lowest BCUT2D eigenvalue weighted by Gasteiger charge is -2.38. The minimum Gasteiger partial charge on any atom is -0.479 e. The number of anilines is 2. The highest BCUT2D eigenvalue weighted by Gasteiger charge is 2.48. The Morgan fingerprint density at radius 1 is 1.02 bits per heavy atom. The van der Waals surface area contributed by atoms with E-state index in [-0.39, 0.29) is 53.8 Å². The summed E-state index contributed by atoms with van der Waals surface area (Å²) in [6, 6.07) is 5.26. The second-order valence-electron chi connectivity index (χ2n) is 9.92. The zero-order chi connectivity index (χ0) is 31.6. The van der Waals surface area contributed by atoms with Gasteiger partial charge in [0.15, 0.2) is 6.10 Å². The summed E-state index contributed by atoms with van der Waals surface area (Å²) in [5.74, 6) is -3.98. The maximum absolute atomic E-state index is 13.4. The number of carboxylic acid groups (broad SMARTS) is 1. The SMILES string of the molecule is CS(=O)(=O)N1CCC(C(=O)Nc2c(O[C@@H]3O[C@H](C(=O)O)[C@@H](O)[C@H](O)[C@H]3O)cc(Cl)cc2C(=O)Nc2ccc(Cl)cn2)CC1. The van der Waals surface area contributed by atoms with Gasteiger partial charge in [-0.25, -0.2) is 22.5 Å². The summed E-state index contributed by atoms with van der Waals surface area (Å²) < 4.78 is 35.9. The van der Waals surface area contributed by atoms with Crippen molar-refractivity contribution in [1.82, 2.24) is 9.29 Å². The molecule has 2 aliphatic rings. The van der Waals surface area contributed by atoms with Gasteiger partial charge in [-0.2, -0.15) is 0 Å². The highest BCUT2D eigenvalue weighted by molar-refractivity contribution is 7.88. The highest BCUT2D eigenvalue weighted by Crippen LogP contribution is 2.37. The lowest BCUT2D eigenvalue weighted by atomic mass is 9.96. The fourth-order valence-electron chi connectivity index (χ4n) is 4.57. The van der Waals surface area contributed by atoms with Crippen molar-refractivity contribution in [2.45, 2.75) is 43.5 Å². The quantitative estimate of drug-likeness (QED) is 0.227. The number of hydrogen-bond donors (Lipinski definition) is 6. The van der Waals surface area contributed by atoms with Crippen LogP contribution < -0.4 is 15.4 Å². The largest absolute Gasteiger partial charge is 0.479 e. The number of piperidine rings is 1. The van der Waals surface area contributed by atoms with Crippen molar-refractivity contribution >= 4 is 62.5 Å². The Labute approximate surface area is 255 Å². The van der Waals surface area contributed by atoms with E-state index >= 15 is 0 Å². The number of carbonyl (C=O) groups is 3. The molecule has 2 amide bonds. The second kappa shape index (κ2) is 13.3. The van der Waals surface area contributed by atoms with Gasteiger partial charge in [0.25, 0.3) is 5.91 Å². The molecule has 18 heteroatoms. The number of benzene rings is 1. The fraction of sp³-hybridized carbons (Fsp3) is 0.440. The van der Waals surface area contributed by atoms with Gasteiger partial charge < -0.3 is 40.5 Å². The third kappa shape index (κ3) is 7.71. The maximum Gasteiger partial charge on any atom is 0.335 e. The molecule has 0 radical (unpaired) electrons. The Morgan fingerprint density at radius 2 is 1.70 bits per heavy atom. The maximum atomic E-state index is 13.4. The Balaban J connectivity index is 1.68. The predicted molar refractivity (Wildman–Crippen MR) is 151 cm³/mol. The predicted octanol–water partition coefficient (Wildman–Crippen LogP) is 0.522. The normalized spacial score (nSPS) is 25.1. The van der Waals surface area contributed by atoms with Crippen molar-refractivity contribution in [1.29, 1.82) is 0 Å². The number of aliphatic hydroxyl groups excluding tert-OH is 3. The Hall–Kier alpha value is -3.09. The van der Waals surface area contributed by atoms with Gasteiger partial charge in [0.1, 0.15) is 29.9 Å². The van der Waals surface area contributed by atoms with Crippen LogP contribution in [0.2, 0.25) is 10.0 Å². The number of hydrogen-bond acceptors (Lipinski definition) is 11. The van der Waals surface area contributed by atoms with E-state index in [1.165, 1.54) is 28.7 Å². The number of aromatic nitrogens is 1. The Kier molecular flexibility index (Phi) is 10.1. The van der Waals surface area contributed by atoms with Crippen molar-refractivity contribution in [3.8, 4) is 5.75 Å². The van der Waals surface area contributed by atoms with E-state index in [0.717, 1.165) is 12.3 Å². The van der Waals surface area contributed by atoms with Crippen LogP contribution in [0.3, 0.4) is 0 Å². The molecule has 2 fully saturated rings. The van der Waals surface area contributed by atoms with Crippen LogP contribution in [0.25, 0.3) is 0 Å². The van der Waals surface area contributed by atoms with Crippen molar-refractivity contribution in [2.75, 3.05) is 30.0 Å². The van der Waals surface area contributed by atoms with Gasteiger partial charge in [-0.3, -0.25) is 9.59 Å². The van der Waals surface area contributed by atoms with Crippen molar-refractivity contribution < 1.29 is 52.7 Å². The molecule has 43 heavy (non-hydrogen) atoms. The molecule has 0 saturated carbocycles. The van der Waals surface area contributed by atoms with E-state index in [2.05, 4.69) is 15.6 Å². The van der Waals surface area contributed by atoms with Crippen LogP contribution in [-0.4, -0.2) is 106 Å². The van der Waals surface area contributed by atoms with Crippen LogP contribution >= 0.6 is 23.2 Å². The first-order chi connectivity index (χ1) is 20.1. The van der Waals surface area contributed by atoms with E-state index in [4.69, 9.17) is 32.7 Å². The topological polar surface area (TPSA) is 225 Å². The molecule has 3 heterocycles. The molecule has 0 aliphatic carbocycles. The zero-order valence-corrected chi connectivity index (χ0v) is 24.7. The lowest BCUT2D eigenvalue weighted by molar-refractivity contribution is -0.271. The monoisotopic (exact) mass is 662 g/mol. The zero-order valence-electron chi connectivity index (χ0n) is 22.4. The first-order valence-electron chi connectivity index (χ1n) is 12.8. The summed E-state index contributed by atoms with van der Waals surface area (Å²) in [4.78, 5) is 42.3. The summed E-state index contributed by atoms with van der Waals surface area (Å²) >= 11 is 12.1. The number of pyridine rings is 1. The van der Waals surface area contributed by atoms with Gasteiger partial charge in [-0.1, -0.05) is 23.2 Å². The summed E-state index contributed by atoms with van der Waals surface area (Å²) in [6.07, 6.45) is -7.11. The number of sulfonamides is 1. The Bertz CT molecular complexity index is 1490. The van der Waals surface area contributed by atoms with Gasteiger partial charge in [-0.15, -0.1) is 0 Å². The molecule has 15 nitrogen and oxygen atoms in total. The number of ether oxygens (including phenoxy) is 2. The fourth-order valence-corrected chi connectivity index (χ4v) is 5.76. The third-order valence-corrected chi connectivity index (χ3v) is 8.62. The van der Waals surface area contributed by atoms with Crippen LogP contribution in [0, 0.1) is 5.92 Å². The molecule has 0 bridgehead atoms. The number of nitrogens with one attached hydrogen (secondary N) is 2. The summed E-state index contributed by atoms with van der Waals surface area (Å²) in [7, 11) is -3.45. The highest BCUT2D eigenvalue weighted by atomic mass is 35.5. The van der Waals surface area contributed by atoms with Gasteiger partial charge in [0, 0.05) is 36.3 Å². The van der Waals surface area contributed by atoms with E-state index in [0.29, 0.717) is 5.02 Å². The third-order valence-electron chi connectivity index (χ3n) is 6.88. The smallest absolute Gasteiger partial charge is 0.335 e. The molecule has 2 saturated heterocycles. The molecule has 2 aliphatic heterocycles. The number of aliphatic hydroxyl groups is 3. The van der Waals surface area contributed by atoms with Crippen molar-refractivity contribution in [2.24, 2.45) is 5.92 Å². The van der Waals surface area contributed by atoms with Crippen molar-refractivity contribution in [3.05, 3.63) is 46.1 Å². The molecular formula is C25H28Cl2N4O11S. The number of nitrogens with zero attached hydrogens (tertiary/aromatic N) is 2. The number of carboxylic acids is 1. The molecule has 2 aromatic rings. The standard InChI is InChI=1S/C25H28Cl2N4O11S/c1-43(39,40)31-6-4-11(5-7-31)22(35)30-17-14(23(36)29-16-3-2-12(26)10-28-16)8-13(27)9-15(17)41-25-20(34)18(32)19(33)21(42-25)24(37)38/h2-3,8-11,18-21,25,32-34H,4-7H2,1H3,(H,30,35)(H,37,38)(H,28,29,36)/t18-,19-,20+,21-,25+/m0/s1. The van der Waals surface area contributed by atoms with Gasteiger partial charge >= 0.3 is 5.97 Å². The van der Waals surface area contributed by atoms with Gasteiger partial charge in [0.05, 0.1) is 22.5 Å². The molecule has 234 valence electrons. The molecule has 5 atom stereocenters. The van der Waals surface area contributed by atoms with Gasteiger partial charge in [0.2, 0.25) is 22.2 Å². The Morgan fingerprint density at radius 3 is 2.28 bits per heavy atom. The molecule has 0 unspecified atom stereocenters. The minimum absolute atomic E-state index is 0.0793. The van der Waals surface area contributed by atoms with Crippen LogP contribution in [0.5, 0.6) is 5.75 Å². The average molecular weight is 663 g/mol. The number of halogens is 2. The van der Waals surface area contributed by atoms with E-state index in [9.17, 15) is 43.2 Å². The molecular weight excluding hydrogens is 635 g/mol. The van der Waals surface area contributed by atoms with Crippen molar-refractivity contribution in [3.63, 3.8) is 0 Å². The molecule has 4 rings (SSSR count). The molecule has 1 aromatic heterocycles. The molecule has 1 aromatic carbocycles. The molecule has 0 spiro atoms. The van der Waals surface area contributed by atoms with E-state index in [1.54, 1.807) is 0 Å².